The van der Waals surface area contributed by atoms with Crippen molar-refractivity contribution in [1.82, 2.24) is 4.98 Å². The van der Waals surface area contributed by atoms with Gasteiger partial charge in [-0.2, -0.15) is 0 Å². The maximum Gasteiger partial charge on any atom is 0.134 e. The molecule has 0 aliphatic heterocycles. The Labute approximate surface area is 105 Å². The molecular formula is C13H15ClN2O. The highest BCUT2D eigenvalue weighted by atomic mass is 35.5. The number of benzene rings is 1. The molecule has 1 aromatic heterocycles. The maximum absolute atomic E-state index is 9.52. The van der Waals surface area contributed by atoms with Gasteiger partial charge in [-0.3, -0.25) is 0 Å². The lowest BCUT2D eigenvalue weighted by atomic mass is 10.1. The molecule has 2 N–H and O–H groups in total. The number of alkyl halides is 1. The van der Waals surface area contributed by atoms with Gasteiger partial charge >= 0.3 is 0 Å². The average Bonchev–Trinajstić information content (AvgIpc) is 2.36. The van der Waals surface area contributed by atoms with Crippen molar-refractivity contribution in [3.63, 3.8) is 0 Å². The number of halogens is 1. The molecule has 1 heterocycles. The van der Waals surface area contributed by atoms with Gasteiger partial charge in [-0.25, -0.2) is 4.98 Å². The summed E-state index contributed by atoms with van der Waals surface area (Å²) in [7, 11) is 0. The lowest BCUT2D eigenvalue weighted by molar-refractivity contribution is 0.476. The molecule has 0 aliphatic carbocycles. The zero-order chi connectivity index (χ0) is 12.3. The molecule has 0 bridgehead atoms. The molecule has 0 spiro atoms. The smallest absolute Gasteiger partial charge is 0.134 e. The third-order valence-electron chi connectivity index (χ3n) is 2.77. The molecule has 0 amide bonds. The molecule has 17 heavy (non-hydrogen) atoms. The topological polar surface area (TPSA) is 45.2 Å². The van der Waals surface area contributed by atoms with E-state index in [1.807, 2.05) is 12.1 Å². The summed E-state index contributed by atoms with van der Waals surface area (Å²) in [5.41, 5.74) is 0. The first-order valence-corrected chi connectivity index (χ1v) is 6.18. The Morgan fingerprint density at radius 1 is 1.41 bits per heavy atom. The number of hydrogen-bond acceptors (Lipinski definition) is 3. The van der Waals surface area contributed by atoms with Crippen molar-refractivity contribution in [3.05, 3.63) is 30.5 Å². The van der Waals surface area contributed by atoms with E-state index in [1.165, 1.54) is 0 Å². The van der Waals surface area contributed by atoms with Gasteiger partial charge in [0.25, 0.3) is 0 Å². The summed E-state index contributed by atoms with van der Waals surface area (Å²) in [5, 5.41) is 14.8. The highest BCUT2D eigenvalue weighted by molar-refractivity contribution is 6.18. The molecule has 90 valence electrons. The van der Waals surface area contributed by atoms with E-state index < -0.39 is 0 Å². The molecule has 1 aromatic carbocycles. The Hall–Kier alpha value is -1.48. The minimum atomic E-state index is 0.192. The van der Waals surface area contributed by atoms with E-state index in [1.54, 1.807) is 18.3 Å². The second-order valence-corrected chi connectivity index (χ2v) is 4.28. The molecule has 2 aromatic rings. The zero-order valence-corrected chi connectivity index (χ0v) is 10.4. The third-order valence-corrected chi connectivity index (χ3v) is 3.14. The van der Waals surface area contributed by atoms with Crippen molar-refractivity contribution in [2.45, 2.75) is 19.4 Å². The minimum absolute atomic E-state index is 0.192. The standard InChI is InChI=1S/C13H15ClN2O/c1-2-10(8-14)16-13-12-7-11(17)4-3-9(12)5-6-15-13/h3-7,10,17H,2,8H2,1H3,(H,15,16). The first kappa shape index (κ1) is 12.0. The summed E-state index contributed by atoms with van der Waals surface area (Å²) in [6.07, 6.45) is 2.68. The Kier molecular flexibility index (Phi) is 3.69. The Bertz CT molecular complexity index is 512. The number of phenolic OH excluding ortho intramolecular Hbond substituents is 1. The number of fused-ring (bicyclic) bond motifs is 1. The largest absolute Gasteiger partial charge is 0.508 e. The number of nitrogens with zero attached hydrogens (tertiary/aromatic N) is 1. The van der Waals surface area contributed by atoms with Crippen LogP contribution >= 0.6 is 11.6 Å². The van der Waals surface area contributed by atoms with Crippen LogP contribution in [0.2, 0.25) is 0 Å². The van der Waals surface area contributed by atoms with Crippen LogP contribution in [0.5, 0.6) is 5.75 Å². The van der Waals surface area contributed by atoms with Crippen LogP contribution in [-0.4, -0.2) is 22.0 Å². The number of aromatic hydroxyl groups is 1. The first-order valence-electron chi connectivity index (χ1n) is 5.64. The summed E-state index contributed by atoms with van der Waals surface area (Å²) in [4.78, 5) is 4.30. The molecule has 0 aliphatic rings. The summed E-state index contributed by atoms with van der Waals surface area (Å²) in [5.74, 6) is 1.55. The van der Waals surface area contributed by atoms with Crippen LogP contribution in [0, 0.1) is 0 Å². The molecule has 0 saturated heterocycles. The normalized spacial score (nSPS) is 12.6. The van der Waals surface area contributed by atoms with Crippen molar-refractivity contribution in [2.24, 2.45) is 0 Å². The van der Waals surface area contributed by atoms with Crippen LogP contribution < -0.4 is 5.32 Å². The molecule has 0 saturated carbocycles. The molecule has 1 unspecified atom stereocenters. The average molecular weight is 251 g/mol. The Morgan fingerprint density at radius 2 is 2.24 bits per heavy atom. The monoisotopic (exact) mass is 250 g/mol. The fourth-order valence-corrected chi connectivity index (χ4v) is 2.01. The number of anilines is 1. The highest BCUT2D eigenvalue weighted by Gasteiger charge is 2.08. The molecule has 2 rings (SSSR count). The number of phenols is 1. The lowest BCUT2D eigenvalue weighted by Gasteiger charge is -2.16. The van der Waals surface area contributed by atoms with Crippen LogP contribution in [-0.2, 0) is 0 Å². The van der Waals surface area contributed by atoms with Gasteiger partial charge in [-0.05, 0) is 30.0 Å². The van der Waals surface area contributed by atoms with Gasteiger partial charge in [0.15, 0.2) is 0 Å². The van der Waals surface area contributed by atoms with Crippen LogP contribution in [0.3, 0.4) is 0 Å². The van der Waals surface area contributed by atoms with Gasteiger partial charge in [0.05, 0.1) is 0 Å². The van der Waals surface area contributed by atoms with Gasteiger partial charge in [-0.1, -0.05) is 13.0 Å². The van der Waals surface area contributed by atoms with E-state index in [2.05, 4.69) is 17.2 Å². The second-order valence-electron chi connectivity index (χ2n) is 3.97. The van der Waals surface area contributed by atoms with Crippen LogP contribution in [0.25, 0.3) is 10.8 Å². The van der Waals surface area contributed by atoms with Crippen LogP contribution in [0.1, 0.15) is 13.3 Å². The van der Waals surface area contributed by atoms with Crippen molar-refractivity contribution in [1.29, 1.82) is 0 Å². The van der Waals surface area contributed by atoms with Crippen molar-refractivity contribution in [3.8, 4) is 5.75 Å². The van der Waals surface area contributed by atoms with E-state index in [0.29, 0.717) is 5.88 Å². The summed E-state index contributed by atoms with van der Waals surface area (Å²) < 4.78 is 0. The SMILES string of the molecule is CCC(CCl)Nc1nccc2ccc(O)cc12. The summed E-state index contributed by atoms with van der Waals surface area (Å²) >= 11 is 5.86. The van der Waals surface area contributed by atoms with Gasteiger partial charge in [0, 0.05) is 23.5 Å². The van der Waals surface area contributed by atoms with Crippen molar-refractivity contribution < 1.29 is 5.11 Å². The molecule has 0 radical (unpaired) electrons. The summed E-state index contributed by atoms with van der Waals surface area (Å²) in [6.45, 7) is 2.07. The predicted octanol–water partition coefficient (Wildman–Crippen LogP) is 3.37. The quantitative estimate of drug-likeness (QED) is 0.818. The number of hydrogen-bond donors (Lipinski definition) is 2. The predicted molar refractivity (Wildman–Crippen MR) is 71.8 cm³/mol. The second kappa shape index (κ2) is 5.23. The van der Waals surface area contributed by atoms with E-state index in [4.69, 9.17) is 11.6 Å². The van der Waals surface area contributed by atoms with Crippen molar-refractivity contribution in [2.75, 3.05) is 11.2 Å². The van der Waals surface area contributed by atoms with E-state index in [9.17, 15) is 5.11 Å². The van der Waals surface area contributed by atoms with E-state index in [-0.39, 0.29) is 11.8 Å². The van der Waals surface area contributed by atoms with Gasteiger partial charge in [0.2, 0.25) is 0 Å². The Balaban J connectivity index is 2.42. The lowest BCUT2D eigenvalue weighted by Crippen LogP contribution is -2.20. The van der Waals surface area contributed by atoms with Gasteiger partial charge in [0.1, 0.15) is 11.6 Å². The number of rotatable bonds is 4. The molecule has 4 heteroatoms. The van der Waals surface area contributed by atoms with Gasteiger partial charge in [-0.15, -0.1) is 11.6 Å². The first-order chi connectivity index (χ1) is 8.24. The number of pyridine rings is 1. The van der Waals surface area contributed by atoms with E-state index in [0.717, 1.165) is 23.0 Å². The van der Waals surface area contributed by atoms with Crippen molar-refractivity contribution >= 4 is 28.2 Å². The fourth-order valence-electron chi connectivity index (χ4n) is 1.71. The maximum atomic E-state index is 9.52. The summed E-state index contributed by atoms with van der Waals surface area (Å²) in [6, 6.07) is 7.37. The number of aromatic nitrogens is 1. The highest BCUT2D eigenvalue weighted by Crippen LogP contribution is 2.25. The van der Waals surface area contributed by atoms with Crippen LogP contribution in [0.15, 0.2) is 30.5 Å². The van der Waals surface area contributed by atoms with Gasteiger partial charge < -0.3 is 10.4 Å². The zero-order valence-electron chi connectivity index (χ0n) is 9.65. The fraction of sp³-hybridized carbons (Fsp3) is 0.308. The third kappa shape index (κ3) is 2.61. The van der Waals surface area contributed by atoms with Crippen LogP contribution in [0.4, 0.5) is 5.82 Å². The number of nitrogens with one attached hydrogen (secondary N) is 1. The molecule has 3 nitrogen and oxygen atoms in total. The Morgan fingerprint density at radius 3 is 2.94 bits per heavy atom. The minimum Gasteiger partial charge on any atom is -0.508 e. The van der Waals surface area contributed by atoms with E-state index >= 15 is 0 Å². The molecule has 1 atom stereocenters. The molecular weight excluding hydrogens is 236 g/mol. The molecule has 0 fully saturated rings.